The molecule has 0 bridgehead atoms. The lowest BCUT2D eigenvalue weighted by Gasteiger charge is -2.08. The predicted molar refractivity (Wildman–Crippen MR) is 92.5 cm³/mol. The molecule has 4 rings (SSSR count). The van der Waals surface area contributed by atoms with E-state index in [-0.39, 0.29) is 0 Å². The van der Waals surface area contributed by atoms with Crippen LogP contribution in [0.4, 0.5) is 5.69 Å². The zero-order valence-electron chi connectivity index (χ0n) is 12.5. The zero-order chi connectivity index (χ0) is 15.1. The van der Waals surface area contributed by atoms with Crippen molar-refractivity contribution >= 4 is 27.5 Å². The number of nitrogens with two attached hydrogens (primary N) is 1. The summed E-state index contributed by atoms with van der Waals surface area (Å²) in [5.41, 5.74) is 11.5. The Labute approximate surface area is 129 Å². The SMILES string of the molecule is C[n+]1c2ccccc2cc2c(-c3ccc(N)cc3)cccc21. The molecule has 1 aromatic heterocycles. The molecule has 0 saturated heterocycles. The standard InChI is InChI=1S/C20H16N2/c1-22-19-7-3-2-5-15(19)13-18-17(6-4-8-20(18)22)14-9-11-16(21)12-10-14/h2-13,21H,1H3/p+1. The van der Waals surface area contributed by atoms with Gasteiger partial charge in [0, 0.05) is 23.2 Å². The second-order valence-corrected chi connectivity index (χ2v) is 5.62. The third-order valence-corrected chi connectivity index (χ3v) is 4.26. The van der Waals surface area contributed by atoms with Crippen LogP contribution in [0.25, 0.3) is 32.9 Å². The highest BCUT2D eigenvalue weighted by Gasteiger charge is 2.14. The minimum absolute atomic E-state index is 0.792. The number of benzene rings is 3. The maximum atomic E-state index is 5.81. The molecule has 1 heterocycles. The number of para-hydroxylation sites is 1. The first-order chi connectivity index (χ1) is 10.7. The number of nitrogen functional groups attached to an aromatic ring is 1. The number of hydrogen-bond donors (Lipinski definition) is 1. The molecule has 0 fully saturated rings. The molecule has 0 unspecified atom stereocenters. The minimum atomic E-state index is 0.792. The van der Waals surface area contributed by atoms with Gasteiger partial charge in [0.2, 0.25) is 11.0 Å². The van der Waals surface area contributed by atoms with Gasteiger partial charge in [-0.25, -0.2) is 0 Å². The third-order valence-electron chi connectivity index (χ3n) is 4.26. The van der Waals surface area contributed by atoms with Gasteiger partial charge in [-0.2, -0.15) is 4.57 Å². The Hall–Kier alpha value is -2.87. The number of aromatic nitrogens is 1. The number of aryl methyl sites for hydroxylation is 1. The van der Waals surface area contributed by atoms with Gasteiger partial charge in [-0.15, -0.1) is 0 Å². The normalized spacial score (nSPS) is 11.1. The summed E-state index contributed by atoms with van der Waals surface area (Å²) in [4.78, 5) is 0. The third kappa shape index (κ3) is 1.92. The molecule has 0 amide bonds. The molecule has 0 atom stereocenters. The Morgan fingerprint density at radius 2 is 1.50 bits per heavy atom. The highest BCUT2D eigenvalue weighted by Crippen LogP contribution is 2.29. The Morgan fingerprint density at radius 3 is 2.32 bits per heavy atom. The molecular weight excluding hydrogens is 268 g/mol. The summed E-state index contributed by atoms with van der Waals surface area (Å²) in [5.74, 6) is 0. The fourth-order valence-electron chi connectivity index (χ4n) is 3.11. The smallest absolute Gasteiger partial charge is 0.213 e. The Balaban J connectivity index is 2.10. The van der Waals surface area contributed by atoms with Crippen LogP contribution in [0.3, 0.4) is 0 Å². The quantitative estimate of drug-likeness (QED) is 0.319. The van der Waals surface area contributed by atoms with Crippen LogP contribution in [-0.4, -0.2) is 0 Å². The monoisotopic (exact) mass is 285 g/mol. The number of nitrogens with zero attached hydrogens (tertiary/aromatic N) is 1. The number of pyridine rings is 1. The van der Waals surface area contributed by atoms with Crippen LogP contribution in [0.5, 0.6) is 0 Å². The predicted octanol–water partition coefficient (Wildman–Crippen LogP) is 4.07. The Morgan fingerprint density at radius 1 is 0.773 bits per heavy atom. The highest BCUT2D eigenvalue weighted by atomic mass is 14.9. The van der Waals surface area contributed by atoms with E-state index in [1.807, 2.05) is 12.1 Å². The fraction of sp³-hybridized carbons (Fsp3) is 0.0500. The first-order valence-corrected chi connectivity index (χ1v) is 7.40. The van der Waals surface area contributed by atoms with Gasteiger partial charge in [-0.1, -0.05) is 36.4 Å². The summed E-state index contributed by atoms with van der Waals surface area (Å²) in [5, 5.41) is 2.51. The summed E-state index contributed by atoms with van der Waals surface area (Å²) in [7, 11) is 2.12. The molecule has 0 aliphatic carbocycles. The molecule has 0 aliphatic heterocycles. The van der Waals surface area contributed by atoms with E-state index in [0.717, 1.165) is 5.69 Å². The van der Waals surface area contributed by atoms with E-state index in [9.17, 15) is 0 Å². The molecule has 22 heavy (non-hydrogen) atoms. The van der Waals surface area contributed by atoms with Crippen molar-refractivity contribution in [3.05, 3.63) is 72.8 Å². The van der Waals surface area contributed by atoms with Crippen LogP contribution in [-0.2, 0) is 7.05 Å². The van der Waals surface area contributed by atoms with Crippen molar-refractivity contribution in [3.8, 4) is 11.1 Å². The Bertz CT molecular complexity index is 986. The van der Waals surface area contributed by atoms with Gasteiger partial charge >= 0.3 is 0 Å². The van der Waals surface area contributed by atoms with Crippen LogP contribution >= 0.6 is 0 Å². The van der Waals surface area contributed by atoms with E-state index in [0.29, 0.717) is 0 Å². The molecule has 0 spiro atoms. The second-order valence-electron chi connectivity index (χ2n) is 5.62. The molecule has 2 heteroatoms. The molecule has 0 saturated carbocycles. The van der Waals surface area contributed by atoms with Gasteiger partial charge < -0.3 is 5.73 Å². The summed E-state index contributed by atoms with van der Waals surface area (Å²) in [6, 6.07) is 25.3. The average molecular weight is 285 g/mol. The van der Waals surface area contributed by atoms with Crippen molar-refractivity contribution in [2.45, 2.75) is 0 Å². The summed E-state index contributed by atoms with van der Waals surface area (Å²) < 4.78 is 2.26. The van der Waals surface area contributed by atoms with Crippen molar-refractivity contribution in [1.82, 2.24) is 0 Å². The van der Waals surface area contributed by atoms with Crippen molar-refractivity contribution in [2.75, 3.05) is 5.73 Å². The number of anilines is 1. The van der Waals surface area contributed by atoms with Crippen molar-refractivity contribution in [1.29, 1.82) is 0 Å². The topological polar surface area (TPSA) is 29.9 Å². The fourth-order valence-corrected chi connectivity index (χ4v) is 3.11. The minimum Gasteiger partial charge on any atom is -0.399 e. The molecule has 0 aliphatic rings. The second kappa shape index (κ2) is 4.85. The van der Waals surface area contributed by atoms with Gasteiger partial charge in [0.05, 0.1) is 5.39 Å². The zero-order valence-corrected chi connectivity index (χ0v) is 12.5. The molecule has 2 N–H and O–H groups in total. The lowest BCUT2D eigenvalue weighted by Crippen LogP contribution is -2.29. The van der Waals surface area contributed by atoms with E-state index < -0.39 is 0 Å². The lowest BCUT2D eigenvalue weighted by molar-refractivity contribution is -0.617. The molecule has 2 nitrogen and oxygen atoms in total. The molecular formula is C20H17N2+. The summed E-state index contributed by atoms with van der Waals surface area (Å²) in [6.07, 6.45) is 0. The largest absolute Gasteiger partial charge is 0.399 e. The van der Waals surface area contributed by atoms with Crippen LogP contribution in [0.2, 0.25) is 0 Å². The van der Waals surface area contributed by atoms with Gasteiger partial charge in [0.15, 0.2) is 0 Å². The highest BCUT2D eigenvalue weighted by molar-refractivity contribution is 5.98. The van der Waals surface area contributed by atoms with E-state index >= 15 is 0 Å². The maximum absolute atomic E-state index is 5.81. The average Bonchev–Trinajstić information content (AvgIpc) is 2.56. The van der Waals surface area contributed by atoms with E-state index in [2.05, 4.69) is 72.3 Å². The Kier molecular flexibility index (Phi) is 2.83. The maximum Gasteiger partial charge on any atom is 0.213 e. The number of rotatable bonds is 1. The van der Waals surface area contributed by atoms with Crippen LogP contribution in [0.1, 0.15) is 0 Å². The van der Waals surface area contributed by atoms with Crippen LogP contribution in [0, 0.1) is 0 Å². The molecule has 3 aromatic carbocycles. The molecule has 4 aromatic rings. The van der Waals surface area contributed by atoms with Crippen LogP contribution in [0.15, 0.2) is 72.8 Å². The molecule has 0 radical (unpaired) electrons. The van der Waals surface area contributed by atoms with E-state index in [1.54, 1.807) is 0 Å². The van der Waals surface area contributed by atoms with Crippen molar-refractivity contribution in [2.24, 2.45) is 7.05 Å². The van der Waals surface area contributed by atoms with Crippen molar-refractivity contribution < 1.29 is 4.57 Å². The van der Waals surface area contributed by atoms with E-state index in [1.165, 1.54) is 32.9 Å². The van der Waals surface area contributed by atoms with Gasteiger partial charge in [-0.3, -0.25) is 0 Å². The first-order valence-electron chi connectivity index (χ1n) is 7.40. The molecule has 106 valence electrons. The summed E-state index contributed by atoms with van der Waals surface area (Å²) >= 11 is 0. The van der Waals surface area contributed by atoms with Gasteiger partial charge in [0.1, 0.15) is 7.05 Å². The summed E-state index contributed by atoms with van der Waals surface area (Å²) in [6.45, 7) is 0. The number of fused-ring (bicyclic) bond motifs is 2. The number of hydrogen-bond acceptors (Lipinski definition) is 1. The van der Waals surface area contributed by atoms with Crippen LogP contribution < -0.4 is 10.3 Å². The first kappa shape index (κ1) is 12.8. The lowest BCUT2D eigenvalue weighted by atomic mass is 9.99. The van der Waals surface area contributed by atoms with Gasteiger partial charge in [-0.05, 0) is 35.4 Å². The van der Waals surface area contributed by atoms with Gasteiger partial charge in [0.25, 0.3) is 0 Å². The van der Waals surface area contributed by atoms with E-state index in [4.69, 9.17) is 5.73 Å². The van der Waals surface area contributed by atoms with Crippen molar-refractivity contribution in [3.63, 3.8) is 0 Å².